The molecule has 2 aliphatic rings. The lowest BCUT2D eigenvalue weighted by Crippen LogP contribution is -2.32. The molecule has 20 heavy (non-hydrogen) atoms. The third kappa shape index (κ3) is 3.93. The number of nitrogens with one attached hydrogen (secondary N) is 1. The number of anilines is 1. The van der Waals surface area contributed by atoms with E-state index in [1.807, 2.05) is 0 Å². The molecule has 110 valence electrons. The van der Waals surface area contributed by atoms with E-state index in [-0.39, 0.29) is 0 Å². The number of hydrogen-bond acceptors (Lipinski definition) is 4. The number of likely N-dealkylation sites (N-methyl/N-ethyl adjacent to an activating group) is 1. The lowest BCUT2D eigenvalue weighted by molar-refractivity contribution is 0.346. The largest absolute Gasteiger partial charge is 0.358 e. The first-order valence-electron chi connectivity index (χ1n) is 7.94. The summed E-state index contributed by atoms with van der Waals surface area (Å²) in [5, 5.41) is 3.53. The summed E-state index contributed by atoms with van der Waals surface area (Å²) in [5.41, 5.74) is 1.16. The van der Waals surface area contributed by atoms with Crippen molar-refractivity contribution in [3.63, 3.8) is 0 Å². The van der Waals surface area contributed by atoms with Crippen LogP contribution in [0.1, 0.15) is 31.4 Å². The highest BCUT2D eigenvalue weighted by Crippen LogP contribution is 2.19. The van der Waals surface area contributed by atoms with E-state index in [0.29, 0.717) is 0 Å². The van der Waals surface area contributed by atoms with E-state index >= 15 is 0 Å². The fourth-order valence-corrected chi connectivity index (χ4v) is 2.73. The molecule has 0 amide bonds. The van der Waals surface area contributed by atoms with Gasteiger partial charge in [0, 0.05) is 32.7 Å². The third-order valence-corrected chi connectivity index (χ3v) is 4.28. The summed E-state index contributed by atoms with van der Waals surface area (Å²) in [4.78, 5) is 9.59. The van der Waals surface area contributed by atoms with Crippen molar-refractivity contribution in [2.75, 3.05) is 38.1 Å². The molecule has 4 nitrogen and oxygen atoms in total. The summed E-state index contributed by atoms with van der Waals surface area (Å²) < 4.78 is 0. The monoisotopic (exact) mass is 274 g/mol. The Morgan fingerprint density at radius 2 is 2.10 bits per heavy atom. The van der Waals surface area contributed by atoms with E-state index in [2.05, 4.69) is 40.4 Å². The molecule has 1 aliphatic carbocycles. The number of likely N-dealkylation sites (tertiary alicyclic amines) is 1. The number of hydrogen-bond donors (Lipinski definition) is 1. The maximum Gasteiger partial charge on any atom is 0.128 e. The van der Waals surface area contributed by atoms with Crippen LogP contribution in [-0.4, -0.2) is 49.2 Å². The second-order valence-corrected chi connectivity index (χ2v) is 6.11. The third-order valence-electron chi connectivity index (χ3n) is 4.28. The van der Waals surface area contributed by atoms with Crippen molar-refractivity contribution in [3.05, 3.63) is 23.9 Å². The molecule has 1 aromatic heterocycles. The number of pyridine rings is 1. The SMILES string of the molecule is CN(CCN1CCCC1)c1cccc(CNC2CC2)n1. The zero-order valence-corrected chi connectivity index (χ0v) is 12.5. The Hall–Kier alpha value is -1.13. The Morgan fingerprint density at radius 3 is 2.85 bits per heavy atom. The van der Waals surface area contributed by atoms with Crippen molar-refractivity contribution in [2.45, 2.75) is 38.3 Å². The second-order valence-electron chi connectivity index (χ2n) is 6.11. The predicted molar refractivity (Wildman–Crippen MR) is 83.0 cm³/mol. The molecule has 0 aromatic carbocycles. The maximum atomic E-state index is 4.76. The van der Waals surface area contributed by atoms with Gasteiger partial charge >= 0.3 is 0 Å². The molecule has 2 fully saturated rings. The van der Waals surface area contributed by atoms with Gasteiger partial charge in [0.05, 0.1) is 5.69 Å². The summed E-state index contributed by atoms with van der Waals surface area (Å²) in [6, 6.07) is 7.10. The molecule has 0 radical (unpaired) electrons. The standard InChI is InChI=1S/C16H26N4/c1-19(11-12-20-9-2-3-10-20)16-6-4-5-15(18-16)13-17-14-7-8-14/h4-6,14,17H,2-3,7-13H2,1H3. The Kier molecular flexibility index (Phi) is 4.53. The van der Waals surface area contributed by atoms with Crippen LogP contribution in [0, 0.1) is 0 Å². The molecule has 1 N–H and O–H groups in total. The molecule has 0 bridgehead atoms. The van der Waals surface area contributed by atoms with Crippen LogP contribution in [0.4, 0.5) is 5.82 Å². The van der Waals surface area contributed by atoms with Crippen molar-refractivity contribution < 1.29 is 0 Å². The number of rotatable bonds is 7. The lowest BCUT2D eigenvalue weighted by atomic mass is 10.3. The molecule has 1 aromatic rings. The molecule has 2 heterocycles. The summed E-state index contributed by atoms with van der Waals surface area (Å²) >= 11 is 0. The molecule has 0 unspecified atom stereocenters. The van der Waals surface area contributed by atoms with Crippen LogP contribution in [-0.2, 0) is 6.54 Å². The van der Waals surface area contributed by atoms with Gasteiger partial charge in [0.1, 0.15) is 5.82 Å². The van der Waals surface area contributed by atoms with Crippen LogP contribution in [0.2, 0.25) is 0 Å². The van der Waals surface area contributed by atoms with E-state index in [1.54, 1.807) is 0 Å². The van der Waals surface area contributed by atoms with E-state index in [4.69, 9.17) is 4.98 Å². The average molecular weight is 274 g/mol. The van der Waals surface area contributed by atoms with Gasteiger partial charge in [-0.05, 0) is 50.9 Å². The fourth-order valence-electron chi connectivity index (χ4n) is 2.73. The van der Waals surface area contributed by atoms with Crippen LogP contribution in [0.25, 0.3) is 0 Å². The molecule has 1 saturated heterocycles. The Balaban J connectivity index is 1.50. The first-order chi connectivity index (χ1) is 9.81. The van der Waals surface area contributed by atoms with E-state index in [1.165, 1.54) is 38.8 Å². The van der Waals surface area contributed by atoms with E-state index < -0.39 is 0 Å². The smallest absolute Gasteiger partial charge is 0.128 e. The highest BCUT2D eigenvalue weighted by molar-refractivity contribution is 5.38. The fraction of sp³-hybridized carbons (Fsp3) is 0.688. The van der Waals surface area contributed by atoms with Gasteiger partial charge in [-0.1, -0.05) is 6.07 Å². The second kappa shape index (κ2) is 6.55. The topological polar surface area (TPSA) is 31.4 Å². The molecular formula is C16H26N4. The van der Waals surface area contributed by atoms with Crippen LogP contribution < -0.4 is 10.2 Å². The van der Waals surface area contributed by atoms with Crippen LogP contribution in [0.15, 0.2) is 18.2 Å². The zero-order valence-electron chi connectivity index (χ0n) is 12.5. The lowest BCUT2D eigenvalue weighted by Gasteiger charge is -2.22. The van der Waals surface area contributed by atoms with Crippen molar-refractivity contribution >= 4 is 5.82 Å². The Morgan fingerprint density at radius 1 is 1.30 bits per heavy atom. The molecule has 1 saturated carbocycles. The minimum absolute atomic E-state index is 0.744. The first-order valence-corrected chi connectivity index (χ1v) is 7.94. The predicted octanol–water partition coefficient (Wildman–Crippen LogP) is 1.87. The minimum Gasteiger partial charge on any atom is -0.358 e. The molecule has 4 heteroatoms. The van der Waals surface area contributed by atoms with E-state index in [0.717, 1.165) is 37.2 Å². The molecular weight excluding hydrogens is 248 g/mol. The van der Waals surface area contributed by atoms with Crippen LogP contribution in [0.5, 0.6) is 0 Å². The normalized spacial score (nSPS) is 19.4. The quantitative estimate of drug-likeness (QED) is 0.822. The molecule has 3 rings (SSSR count). The zero-order chi connectivity index (χ0) is 13.8. The average Bonchev–Trinajstić information content (AvgIpc) is 3.17. The number of aromatic nitrogens is 1. The van der Waals surface area contributed by atoms with Gasteiger partial charge in [-0.25, -0.2) is 4.98 Å². The Bertz CT molecular complexity index is 424. The van der Waals surface area contributed by atoms with Crippen molar-refractivity contribution in [1.29, 1.82) is 0 Å². The van der Waals surface area contributed by atoms with Gasteiger partial charge in [0.15, 0.2) is 0 Å². The highest BCUT2D eigenvalue weighted by Gasteiger charge is 2.20. The first kappa shape index (κ1) is 13.8. The van der Waals surface area contributed by atoms with Crippen LogP contribution in [0.3, 0.4) is 0 Å². The van der Waals surface area contributed by atoms with Gasteiger partial charge in [-0.2, -0.15) is 0 Å². The van der Waals surface area contributed by atoms with Crippen molar-refractivity contribution in [3.8, 4) is 0 Å². The van der Waals surface area contributed by atoms with Gasteiger partial charge in [0.25, 0.3) is 0 Å². The van der Waals surface area contributed by atoms with Gasteiger partial charge in [-0.15, -0.1) is 0 Å². The molecule has 0 atom stereocenters. The molecule has 0 spiro atoms. The minimum atomic E-state index is 0.744. The summed E-state index contributed by atoms with van der Waals surface area (Å²) in [6.45, 7) is 5.66. The maximum absolute atomic E-state index is 4.76. The van der Waals surface area contributed by atoms with Crippen molar-refractivity contribution in [1.82, 2.24) is 15.2 Å². The highest BCUT2D eigenvalue weighted by atomic mass is 15.2. The molecule has 1 aliphatic heterocycles. The summed E-state index contributed by atoms with van der Waals surface area (Å²) in [5.74, 6) is 1.10. The summed E-state index contributed by atoms with van der Waals surface area (Å²) in [7, 11) is 2.15. The van der Waals surface area contributed by atoms with E-state index in [9.17, 15) is 0 Å². The van der Waals surface area contributed by atoms with Gasteiger partial charge < -0.3 is 15.1 Å². The van der Waals surface area contributed by atoms with Gasteiger partial charge in [0.2, 0.25) is 0 Å². The summed E-state index contributed by atoms with van der Waals surface area (Å²) in [6.07, 6.45) is 5.39. The Labute approximate surface area is 122 Å². The number of nitrogens with zero attached hydrogens (tertiary/aromatic N) is 3. The van der Waals surface area contributed by atoms with Crippen LogP contribution >= 0.6 is 0 Å². The van der Waals surface area contributed by atoms with Crippen molar-refractivity contribution in [2.24, 2.45) is 0 Å². The van der Waals surface area contributed by atoms with Gasteiger partial charge in [-0.3, -0.25) is 0 Å².